The second-order valence-electron chi connectivity index (χ2n) is 4.39. The van der Waals surface area contributed by atoms with Gasteiger partial charge in [0.15, 0.2) is 0 Å². The summed E-state index contributed by atoms with van der Waals surface area (Å²) in [7, 11) is 0. The number of carbonyl (C=O) groups is 1. The Kier molecular flexibility index (Phi) is 2.54. The van der Waals surface area contributed by atoms with Crippen molar-refractivity contribution in [3.8, 4) is 0 Å². The van der Waals surface area contributed by atoms with Gasteiger partial charge in [-0.2, -0.15) is 0 Å². The molecule has 2 aliphatic rings. The zero-order chi connectivity index (χ0) is 9.26. The highest BCUT2D eigenvalue weighted by Gasteiger charge is 2.27. The minimum atomic E-state index is 0.227. The lowest BCUT2D eigenvalue weighted by atomic mass is 9.83. The van der Waals surface area contributed by atoms with Crippen molar-refractivity contribution < 1.29 is 4.79 Å². The summed E-state index contributed by atoms with van der Waals surface area (Å²) in [5, 5.41) is 0. The van der Waals surface area contributed by atoms with Gasteiger partial charge >= 0.3 is 0 Å². The smallest absolute Gasteiger partial charge is 0.222 e. The largest absolute Gasteiger partial charge is 0.341 e. The normalized spacial score (nSPS) is 29.0. The van der Waals surface area contributed by atoms with Crippen molar-refractivity contribution in [1.82, 2.24) is 4.90 Å². The van der Waals surface area contributed by atoms with Gasteiger partial charge in [-0.15, -0.1) is 0 Å². The van der Waals surface area contributed by atoms with Gasteiger partial charge in [0.2, 0.25) is 5.91 Å². The number of rotatable bonds is 2. The molecule has 0 aromatic rings. The van der Waals surface area contributed by atoms with E-state index in [1.165, 1.54) is 19.3 Å². The van der Waals surface area contributed by atoms with Gasteiger partial charge in [-0.25, -0.2) is 0 Å². The Hall–Kier alpha value is -0.570. The quantitative estimate of drug-likeness (QED) is 0.684. The van der Waals surface area contributed by atoms with Crippen molar-refractivity contribution in [3.05, 3.63) is 0 Å². The fourth-order valence-electron chi connectivity index (χ4n) is 2.09. The highest BCUT2D eigenvalue weighted by Crippen LogP contribution is 2.30. The lowest BCUT2D eigenvalue weighted by Gasteiger charge is -2.26. The molecule has 2 rings (SSSR count). The van der Waals surface area contributed by atoms with Crippen LogP contribution in [-0.2, 0) is 4.79 Å². The molecule has 1 amide bonds. The molecule has 1 saturated heterocycles. The first kappa shape index (κ1) is 9.00. The summed E-state index contributed by atoms with van der Waals surface area (Å²) < 4.78 is 0. The standard InChI is InChI=1S/C10H18N2O/c11-9-4-5-12(7-9)10(13)6-8-2-1-3-8/h8-9H,1-7,11H2/t9-/m1/s1. The number of likely N-dealkylation sites (tertiary alicyclic amines) is 1. The third-order valence-electron chi connectivity index (χ3n) is 3.27. The van der Waals surface area contributed by atoms with Crippen LogP contribution in [-0.4, -0.2) is 29.9 Å². The van der Waals surface area contributed by atoms with Crippen molar-refractivity contribution in [2.75, 3.05) is 13.1 Å². The minimum absolute atomic E-state index is 0.227. The van der Waals surface area contributed by atoms with Crippen LogP contribution in [0.15, 0.2) is 0 Å². The van der Waals surface area contributed by atoms with E-state index >= 15 is 0 Å². The maximum absolute atomic E-state index is 11.7. The zero-order valence-corrected chi connectivity index (χ0v) is 8.04. The average molecular weight is 182 g/mol. The molecule has 13 heavy (non-hydrogen) atoms. The summed E-state index contributed by atoms with van der Waals surface area (Å²) in [5.74, 6) is 1.02. The third-order valence-corrected chi connectivity index (χ3v) is 3.27. The highest BCUT2D eigenvalue weighted by atomic mass is 16.2. The summed E-state index contributed by atoms with van der Waals surface area (Å²) in [6.07, 6.45) is 5.58. The predicted molar refractivity (Wildman–Crippen MR) is 51.1 cm³/mol. The molecule has 2 N–H and O–H groups in total. The van der Waals surface area contributed by atoms with Crippen LogP contribution < -0.4 is 5.73 Å². The minimum Gasteiger partial charge on any atom is -0.341 e. The molecule has 74 valence electrons. The fourth-order valence-corrected chi connectivity index (χ4v) is 2.09. The zero-order valence-electron chi connectivity index (χ0n) is 8.04. The van der Waals surface area contributed by atoms with E-state index in [2.05, 4.69) is 0 Å². The first-order valence-electron chi connectivity index (χ1n) is 5.29. The Balaban J connectivity index is 1.76. The van der Waals surface area contributed by atoms with Crippen LogP contribution in [0.1, 0.15) is 32.1 Å². The van der Waals surface area contributed by atoms with E-state index in [4.69, 9.17) is 5.73 Å². The topological polar surface area (TPSA) is 46.3 Å². The average Bonchev–Trinajstić information content (AvgIpc) is 2.44. The van der Waals surface area contributed by atoms with E-state index in [9.17, 15) is 4.79 Å². The Labute approximate surface area is 79.3 Å². The molecule has 1 saturated carbocycles. The number of hydrogen-bond donors (Lipinski definition) is 1. The molecular formula is C10H18N2O. The van der Waals surface area contributed by atoms with E-state index in [0.717, 1.165) is 25.9 Å². The summed E-state index contributed by atoms with van der Waals surface area (Å²) in [4.78, 5) is 13.6. The molecule has 0 bridgehead atoms. The van der Waals surface area contributed by atoms with Crippen LogP contribution in [0, 0.1) is 5.92 Å². The third kappa shape index (κ3) is 2.02. The summed E-state index contributed by atoms with van der Waals surface area (Å²) in [6.45, 7) is 1.66. The van der Waals surface area contributed by atoms with Crippen molar-refractivity contribution in [2.45, 2.75) is 38.1 Å². The first-order chi connectivity index (χ1) is 6.25. The first-order valence-corrected chi connectivity index (χ1v) is 5.29. The molecule has 0 radical (unpaired) electrons. The number of hydrogen-bond acceptors (Lipinski definition) is 2. The van der Waals surface area contributed by atoms with Crippen molar-refractivity contribution in [3.63, 3.8) is 0 Å². The van der Waals surface area contributed by atoms with E-state index in [0.29, 0.717) is 11.8 Å². The summed E-state index contributed by atoms with van der Waals surface area (Å²) in [5.41, 5.74) is 5.75. The van der Waals surface area contributed by atoms with Crippen LogP contribution in [0.4, 0.5) is 0 Å². The maximum atomic E-state index is 11.7. The Morgan fingerprint density at radius 2 is 2.15 bits per heavy atom. The van der Waals surface area contributed by atoms with Gasteiger partial charge in [0.1, 0.15) is 0 Å². The lowest BCUT2D eigenvalue weighted by molar-refractivity contribution is -0.131. The molecule has 1 heterocycles. The van der Waals surface area contributed by atoms with Crippen molar-refractivity contribution in [2.24, 2.45) is 11.7 Å². The molecule has 0 aromatic carbocycles. The van der Waals surface area contributed by atoms with E-state index in [-0.39, 0.29) is 6.04 Å². The molecule has 3 heteroatoms. The van der Waals surface area contributed by atoms with Gasteiger partial charge in [0.05, 0.1) is 0 Å². The summed E-state index contributed by atoms with van der Waals surface area (Å²) >= 11 is 0. The molecule has 2 fully saturated rings. The Morgan fingerprint density at radius 3 is 2.62 bits per heavy atom. The van der Waals surface area contributed by atoms with Crippen LogP contribution in [0.5, 0.6) is 0 Å². The Morgan fingerprint density at radius 1 is 1.38 bits per heavy atom. The highest BCUT2D eigenvalue weighted by molar-refractivity contribution is 5.76. The van der Waals surface area contributed by atoms with Crippen LogP contribution >= 0.6 is 0 Å². The van der Waals surface area contributed by atoms with Gasteiger partial charge in [-0.3, -0.25) is 4.79 Å². The summed E-state index contributed by atoms with van der Waals surface area (Å²) in [6, 6.07) is 0.227. The monoisotopic (exact) mass is 182 g/mol. The van der Waals surface area contributed by atoms with Gasteiger partial charge in [-0.1, -0.05) is 6.42 Å². The van der Waals surface area contributed by atoms with Gasteiger partial charge in [0, 0.05) is 25.6 Å². The lowest BCUT2D eigenvalue weighted by Crippen LogP contribution is -2.33. The fraction of sp³-hybridized carbons (Fsp3) is 0.900. The second-order valence-corrected chi connectivity index (χ2v) is 4.39. The number of nitrogens with zero attached hydrogens (tertiary/aromatic N) is 1. The Bertz CT molecular complexity index is 201. The maximum Gasteiger partial charge on any atom is 0.222 e. The van der Waals surface area contributed by atoms with E-state index in [1.807, 2.05) is 4.90 Å². The van der Waals surface area contributed by atoms with Crippen LogP contribution in [0.2, 0.25) is 0 Å². The van der Waals surface area contributed by atoms with Crippen molar-refractivity contribution >= 4 is 5.91 Å². The van der Waals surface area contributed by atoms with Crippen LogP contribution in [0.25, 0.3) is 0 Å². The van der Waals surface area contributed by atoms with E-state index < -0.39 is 0 Å². The number of nitrogens with two attached hydrogens (primary N) is 1. The molecule has 0 spiro atoms. The number of carbonyl (C=O) groups excluding carboxylic acids is 1. The number of amides is 1. The van der Waals surface area contributed by atoms with Gasteiger partial charge < -0.3 is 10.6 Å². The molecule has 0 aromatic heterocycles. The predicted octanol–water partition coefficient (Wildman–Crippen LogP) is 0.736. The molecular weight excluding hydrogens is 164 g/mol. The second kappa shape index (κ2) is 3.66. The molecule has 1 aliphatic carbocycles. The molecule has 0 unspecified atom stereocenters. The molecule has 1 atom stereocenters. The van der Waals surface area contributed by atoms with Gasteiger partial charge in [0.25, 0.3) is 0 Å². The molecule has 1 aliphatic heterocycles. The van der Waals surface area contributed by atoms with Gasteiger partial charge in [-0.05, 0) is 25.2 Å². The van der Waals surface area contributed by atoms with Crippen molar-refractivity contribution in [1.29, 1.82) is 0 Å². The molecule has 3 nitrogen and oxygen atoms in total. The SMILES string of the molecule is N[C@@H]1CCN(C(=O)CC2CCC2)C1. The van der Waals surface area contributed by atoms with E-state index in [1.54, 1.807) is 0 Å². The van der Waals surface area contributed by atoms with Crippen LogP contribution in [0.3, 0.4) is 0 Å².